The van der Waals surface area contributed by atoms with E-state index in [9.17, 15) is 13.2 Å². The van der Waals surface area contributed by atoms with Crippen LogP contribution >= 0.6 is 0 Å². The third kappa shape index (κ3) is 3.90. The summed E-state index contributed by atoms with van der Waals surface area (Å²) < 4.78 is 28.0. The van der Waals surface area contributed by atoms with E-state index in [1.54, 1.807) is 16.4 Å². The summed E-state index contributed by atoms with van der Waals surface area (Å²) in [4.78, 5) is 10.8. The van der Waals surface area contributed by atoms with Crippen LogP contribution in [0.4, 0.5) is 5.69 Å². The molecule has 1 atom stereocenters. The van der Waals surface area contributed by atoms with Crippen LogP contribution in [-0.2, 0) is 21.2 Å². The lowest BCUT2D eigenvalue weighted by Gasteiger charge is -2.24. The maximum atomic E-state index is 13.2. The Bertz CT molecular complexity index is 863. The van der Waals surface area contributed by atoms with Gasteiger partial charge in [-0.1, -0.05) is 35.9 Å². The van der Waals surface area contributed by atoms with Crippen LogP contribution in [0.3, 0.4) is 0 Å². The predicted molar refractivity (Wildman–Crippen MR) is 103 cm³/mol. The van der Waals surface area contributed by atoms with Gasteiger partial charge in [-0.2, -0.15) is 0 Å². The van der Waals surface area contributed by atoms with Crippen molar-refractivity contribution in [2.45, 2.75) is 31.1 Å². The van der Waals surface area contributed by atoms with Crippen molar-refractivity contribution in [3.8, 4) is 0 Å². The quantitative estimate of drug-likeness (QED) is 0.626. The first kappa shape index (κ1) is 18.5. The van der Waals surface area contributed by atoms with Gasteiger partial charge in [-0.05, 0) is 55.9 Å². The van der Waals surface area contributed by atoms with Crippen LogP contribution in [0.15, 0.2) is 53.4 Å². The predicted octanol–water partition coefficient (Wildman–Crippen LogP) is 2.89. The molecule has 2 aromatic carbocycles. The number of para-hydroxylation sites is 1. The Kier molecular flexibility index (Phi) is 5.61. The van der Waals surface area contributed by atoms with Gasteiger partial charge in [-0.3, -0.25) is 9.10 Å². The highest BCUT2D eigenvalue weighted by atomic mass is 32.2. The molecular formula is C20H24N2O3S. The summed E-state index contributed by atoms with van der Waals surface area (Å²) in [7, 11) is -3.60. The number of nitrogens with zero attached hydrogens (tertiary/aromatic N) is 1. The van der Waals surface area contributed by atoms with Gasteiger partial charge in [-0.15, -0.1) is 0 Å². The van der Waals surface area contributed by atoms with Crippen LogP contribution < -0.4 is 9.62 Å². The number of benzene rings is 2. The van der Waals surface area contributed by atoms with Gasteiger partial charge >= 0.3 is 0 Å². The van der Waals surface area contributed by atoms with Crippen molar-refractivity contribution in [2.75, 3.05) is 17.4 Å². The van der Waals surface area contributed by atoms with Crippen LogP contribution in [0.5, 0.6) is 0 Å². The zero-order valence-electron chi connectivity index (χ0n) is 14.9. The number of anilines is 1. The van der Waals surface area contributed by atoms with Gasteiger partial charge in [0.1, 0.15) is 0 Å². The molecule has 6 heteroatoms. The van der Waals surface area contributed by atoms with E-state index in [2.05, 4.69) is 5.32 Å². The summed E-state index contributed by atoms with van der Waals surface area (Å²) in [5.41, 5.74) is 2.83. The zero-order chi connectivity index (χ0) is 18.6. The monoisotopic (exact) mass is 372 g/mol. The van der Waals surface area contributed by atoms with Crippen molar-refractivity contribution < 1.29 is 13.2 Å². The number of sulfonamides is 1. The van der Waals surface area contributed by atoms with E-state index in [-0.39, 0.29) is 0 Å². The Hall–Kier alpha value is -2.34. The first-order valence-corrected chi connectivity index (χ1v) is 10.3. The number of hydrogen-bond acceptors (Lipinski definition) is 3. The number of fused-ring (bicyclic) bond motifs is 1. The van der Waals surface area contributed by atoms with Crippen LogP contribution in [0.2, 0.25) is 0 Å². The molecule has 0 saturated heterocycles. The Balaban J connectivity index is 1.92. The smallest absolute Gasteiger partial charge is 0.264 e. The fourth-order valence-corrected chi connectivity index (χ4v) is 4.96. The van der Waals surface area contributed by atoms with Crippen molar-refractivity contribution in [3.05, 3.63) is 59.7 Å². The van der Waals surface area contributed by atoms with Gasteiger partial charge in [0, 0.05) is 13.1 Å². The molecule has 0 saturated carbocycles. The van der Waals surface area contributed by atoms with E-state index in [1.807, 2.05) is 43.3 Å². The SMILES string of the molecule is Cc1ccc(S(=O)(=O)N2CCC(CCNC=O)Cc3ccccc32)cc1. The maximum absolute atomic E-state index is 13.2. The van der Waals surface area contributed by atoms with E-state index in [4.69, 9.17) is 0 Å². The van der Waals surface area contributed by atoms with E-state index in [1.165, 1.54) is 0 Å². The summed E-state index contributed by atoms with van der Waals surface area (Å²) in [6.45, 7) is 3.00. The minimum absolute atomic E-state index is 0.318. The molecule has 26 heavy (non-hydrogen) atoms. The molecule has 0 radical (unpaired) electrons. The number of rotatable bonds is 6. The van der Waals surface area contributed by atoms with Gasteiger partial charge in [0.15, 0.2) is 0 Å². The first-order valence-electron chi connectivity index (χ1n) is 8.86. The molecular weight excluding hydrogens is 348 g/mol. The second-order valence-electron chi connectivity index (χ2n) is 6.74. The lowest BCUT2D eigenvalue weighted by atomic mass is 9.94. The normalized spacial score (nSPS) is 17.3. The molecule has 138 valence electrons. The second-order valence-corrected chi connectivity index (χ2v) is 8.60. The van der Waals surface area contributed by atoms with E-state index in [0.717, 1.165) is 36.1 Å². The van der Waals surface area contributed by atoms with Gasteiger partial charge in [0.25, 0.3) is 10.0 Å². The van der Waals surface area contributed by atoms with Crippen molar-refractivity contribution in [3.63, 3.8) is 0 Å². The van der Waals surface area contributed by atoms with Crippen LogP contribution in [0.25, 0.3) is 0 Å². The number of aryl methyl sites for hydroxylation is 1. The summed E-state index contributed by atoms with van der Waals surface area (Å²) >= 11 is 0. The van der Waals surface area contributed by atoms with Gasteiger partial charge in [0.2, 0.25) is 6.41 Å². The topological polar surface area (TPSA) is 66.5 Å². The molecule has 2 aromatic rings. The number of hydrogen-bond donors (Lipinski definition) is 1. The van der Waals surface area contributed by atoms with Crippen LogP contribution in [0, 0.1) is 12.8 Å². The number of nitrogens with one attached hydrogen (secondary N) is 1. The number of carbonyl (C=O) groups is 1. The number of amides is 1. The van der Waals surface area contributed by atoms with Crippen molar-refractivity contribution in [1.29, 1.82) is 0 Å². The fourth-order valence-electron chi connectivity index (χ4n) is 3.44. The molecule has 1 aliphatic rings. The third-order valence-electron chi connectivity index (χ3n) is 4.90. The number of carbonyl (C=O) groups excluding carboxylic acids is 1. The summed E-state index contributed by atoms with van der Waals surface area (Å²) in [5.74, 6) is 0.335. The molecule has 1 amide bonds. The van der Waals surface area contributed by atoms with Gasteiger partial charge in [-0.25, -0.2) is 8.42 Å². The summed E-state index contributed by atoms with van der Waals surface area (Å²) in [6, 6.07) is 14.7. The molecule has 0 aliphatic carbocycles. The second kappa shape index (κ2) is 7.91. The molecule has 1 unspecified atom stereocenters. The maximum Gasteiger partial charge on any atom is 0.264 e. The highest BCUT2D eigenvalue weighted by Gasteiger charge is 2.30. The Labute approximate surface area is 155 Å². The zero-order valence-corrected chi connectivity index (χ0v) is 15.7. The minimum atomic E-state index is -3.60. The van der Waals surface area contributed by atoms with Crippen LogP contribution in [0.1, 0.15) is 24.0 Å². The van der Waals surface area contributed by atoms with Crippen molar-refractivity contribution in [2.24, 2.45) is 5.92 Å². The summed E-state index contributed by atoms with van der Waals surface area (Å²) in [5, 5.41) is 2.70. The van der Waals surface area contributed by atoms with E-state index >= 15 is 0 Å². The Morgan fingerprint density at radius 2 is 1.88 bits per heavy atom. The molecule has 1 aliphatic heterocycles. The molecule has 0 aromatic heterocycles. The van der Waals surface area contributed by atoms with Crippen molar-refractivity contribution in [1.82, 2.24) is 5.32 Å². The fraction of sp³-hybridized carbons (Fsp3) is 0.350. The summed E-state index contributed by atoms with van der Waals surface area (Å²) in [6.07, 6.45) is 3.13. The first-order chi connectivity index (χ1) is 12.5. The molecule has 1 N–H and O–H groups in total. The highest BCUT2D eigenvalue weighted by molar-refractivity contribution is 7.92. The Morgan fingerprint density at radius 1 is 1.15 bits per heavy atom. The Morgan fingerprint density at radius 3 is 2.62 bits per heavy atom. The average molecular weight is 372 g/mol. The largest absolute Gasteiger partial charge is 0.359 e. The lowest BCUT2D eigenvalue weighted by Crippen LogP contribution is -2.32. The van der Waals surface area contributed by atoms with E-state index < -0.39 is 10.0 Å². The average Bonchev–Trinajstić information content (AvgIpc) is 2.82. The van der Waals surface area contributed by atoms with Crippen LogP contribution in [-0.4, -0.2) is 27.9 Å². The van der Waals surface area contributed by atoms with Crippen molar-refractivity contribution >= 4 is 22.1 Å². The molecule has 0 bridgehead atoms. The van der Waals surface area contributed by atoms with Gasteiger partial charge in [0.05, 0.1) is 10.6 Å². The van der Waals surface area contributed by atoms with Gasteiger partial charge < -0.3 is 5.32 Å². The molecule has 3 rings (SSSR count). The van der Waals surface area contributed by atoms with E-state index in [0.29, 0.717) is 30.3 Å². The third-order valence-corrected chi connectivity index (χ3v) is 6.73. The molecule has 5 nitrogen and oxygen atoms in total. The lowest BCUT2D eigenvalue weighted by molar-refractivity contribution is -0.109. The standard InChI is InChI=1S/C20H24N2O3S/c1-16-6-8-19(9-7-16)26(24,25)22-13-11-17(10-12-21-15-23)14-18-4-2-3-5-20(18)22/h2-9,15,17H,10-14H2,1H3,(H,21,23). The molecule has 0 spiro atoms. The minimum Gasteiger partial charge on any atom is -0.359 e. The highest BCUT2D eigenvalue weighted by Crippen LogP contribution is 2.33. The molecule has 1 heterocycles. The molecule has 0 fully saturated rings.